The van der Waals surface area contributed by atoms with Gasteiger partial charge in [-0.3, -0.25) is 10.1 Å². The molecule has 5 N–H and O–H groups in total. The van der Waals surface area contributed by atoms with Crippen LogP contribution in [0.25, 0.3) is 0 Å². The van der Waals surface area contributed by atoms with Gasteiger partial charge in [0, 0.05) is 12.1 Å². The lowest BCUT2D eigenvalue weighted by molar-refractivity contribution is -0.111. The van der Waals surface area contributed by atoms with Crippen LogP contribution in [0.3, 0.4) is 0 Å². The van der Waals surface area contributed by atoms with Crippen molar-refractivity contribution in [2.45, 2.75) is 12.5 Å². The topological polar surface area (TPSA) is 147 Å². The maximum absolute atomic E-state index is 12.5. The van der Waals surface area contributed by atoms with E-state index in [0.29, 0.717) is 28.2 Å². The molecule has 0 radical (unpaired) electrons. The number of benzene rings is 3. The number of hydrogen-bond acceptors (Lipinski definition) is 7. The number of nitrogens with zero attached hydrogens (tertiary/aromatic N) is 1. The Kier molecular flexibility index (Phi) is 8.29. The summed E-state index contributed by atoms with van der Waals surface area (Å²) in [7, 11) is 1.43. The van der Waals surface area contributed by atoms with Crippen molar-refractivity contribution in [3.05, 3.63) is 90.0 Å². The highest BCUT2D eigenvalue weighted by Gasteiger charge is 2.18. The molecular formula is C26H24N4O5. The Hall–Kier alpha value is -4.97. The van der Waals surface area contributed by atoms with Crippen molar-refractivity contribution in [2.24, 2.45) is 0 Å². The van der Waals surface area contributed by atoms with E-state index in [9.17, 15) is 14.7 Å². The van der Waals surface area contributed by atoms with Crippen molar-refractivity contribution in [3.8, 4) is 17.6 Å². The minimum atomic E-state index is -0.823. The maximum atomic E-state index is 12.5. The number of nitrogens with one attached hydrogen (secondary N) is 2. The maximum Gasteiger partial charge on any atom is 0.412 e. The first-order valence-electron chi connectivity index (χ1n) is 10.6. The Morgan fingerprint density at radius 3 is 2.51 bits per heavy atom. The van der Waals surface area contributed by atoms with E-state index in [1.54, 1.807) is 66.7 Å². The van der Waals surface area contributed by atoms with Crippen LogP contribution in [0.1, 0.15) is 23.7 Å². The second-order valence-electron chi connectivity index (χ2n) is 7.35. The number of anilines is 3. The molecule has 0 aliphatic rings. The first kappa shape index (κ1) is 24.7. The molecule has 0 aromatic heterocycles. The van der Waals surface area contributed by atoms with Gasteiger partial charge in [0.05, 0.1) is 30.1 Å². The smallest absolute Gasteiger partial charge is 0.412 e. The lowest BCUT2D eigenvalue weighted by atomic mass is 10.1. The number of aromatic hydroxyl groups is 1. The van der Waals surface area contributed by atoms with Crippen LogP contribution in [0.4, 0.5) is 21.9 Å². The predicted octanol–water partition coefficient (Wildman–Crippen LogP) is 4.73. The van der Waals surface area contributed by atoms with Crippen molar-refractivity contribution in [3.63, 3.8) is 0 Å². The summed E-state index contributed by atoms with van der Waals surface area (Å²) in [6.07, 6.45) is 1.44. The van der Waals surface area contributed by atoms with Gasteiger partial charge in [0.1, 0.15) is 6.10 Å². The van der Waals surface area contributed by atoms with Gasteiger partial charge in [-0.15, -0.1) is 0 Å². The van der Waals surface area contributed by atoms with Crippen LogP contribution >= 0.6 is 0 Å². The van der Waals surface area contributed by atoms with E-state index in [2.05, 4.69) is 10.6 Å². The normalized spacial score (nSPS) is 11.3. The molecule has 0 unspecified atom stereocenters. The molecule has 0 aliphatic carbocycles. The molecule has 9 nitrogen and oxygen atoms in total. The molecule has 0 fully saturated rings. The Morgan fingerprint density at radius 2 is 1.86 bits per heavy atom. The SMILES string of the molecule is COc1ccc([C@H](C/C=C/C(=O)Nc2ccccc2N)OC(=O)Nc2ccc(C#N)cc2)cc1O. The molecule has 0 spiro atoms. The molecule has 0 heterocycles. The fourth-order valence-electron chi connectivity index (χ4n) is 3.15. The van der Waals surface area contributed by atoms with E-state index >= 15 is 0 Å². The van der Waals surface area contributed by atoms with E-state index in [-0.39, 0.29) is 17.9 Å². The Labute approximate surface area is 202 Å². The average molecular weight is 473 g/mol. The van der Waals surface area contributed by atoms with Crippen molar-refractivity contribution in [2.75, 3.05) is 23.5 Å². The summed E-state index contributed by atoms with van der Waals surface area (Å²) >= 11 is 0. The van der Waals surface area contributed by atoms with E-state index in [4.69, 9.17) is 20.5 Å². The van der Waals surface area contributed by atoms with Crippen LogP contribution < -0.4 is 21.1 Å². The lowest BCUT2D eigenvalue weighted by Crippen LogP contribution is -2.17. The molecule has 178 valence electrons. The minimum Gasteiger partial charge on any atom is -0.504 e. The van der Waals surface area contributed by atoms with E-state index in [1.165, 1.54) is 19.3 Å². The number of ether oxygens (including phenoxy) is 2. The summed E-state index contributed by atoms with van der Waals surface area (Å²) in [6.45, 7) is 0. The van der Waals surface area contributed by atoms with Crippen molar-refractivity contribution in [1.29, 1.82) is 5.26 Å². The highest BCUT2D eigenvalue weighted by atomic mass is 16.6. The zero-order chi connectivity index (χ0) is 25.2. The molecule has 1 atom stereocenters. The number of phenols is 1. The molecule has 9 heteroatoms. The summed E-state index contributed by atoms with van der Waals surface area (Å²) in [5.41, 5.74) is 8.15. The Morgan fingerprint density at radius 1 is 1.11 bits per heavy atom. The van der Waals surface area contributed by atoms with Gasteiger partial charge in [-0.05, 0) is 60.2 Å². The summed E-state index contributed by atoms with van der Waals surface area (Å²) < 4.78 is 10.6. The van der Waals surface area contributed by atoms with Crippen molar-refractivity contribution >= 4 is 29.1 Å². The van der Waals surface area contributed by atoms with E-state index < -0.39 is 18.1 Å². The quantitative estimate of drug-likeness (QED) is 0.274. The molecule has 35 heavy (non-hydrogen) atoms. The van der Waals surface area contributed by atoms with Crippen LogP contribution in [0, 0.1) is 11.3 Å². The lowest BCUT2D eigenvalue weighted by Gasteiger charge is -2.18. The Bertz CT molecular complexity index is 1270. The van der Waals surface area contributed by atoms with Gasteiger partial charge in [0.15, 0.2) is 11.5 Å². The number of para-hydroxylation sites is 2. The first-order valence-corrected chi connectivity index (χ1v) is 10.6. The number of carbonyl (C=O) groups excluding carboxylic acids is 2. The van der Waals surface area contributed by atoms with Crippen LogP contribution in [0.5, 0.6) is 11.5 Å². The molecule has 0 aliphatic heterocycles. The molecule has 0 saturated carbocycles. The van der Waals surface area contributed by atoms with Gasteiger partial charge in [0.25, 0.3) is 0 Å². The van der Waals surface area contributed by atoms with Crippen molar-refractivity contribution in [1.82, 2.24) is 0 Å². The first-order chi connectivity index (χ1) is 16.9. The van der Waals surface area contributed by atoms with Gasteiger partial charge in [-0.25, -0.2) is 4.79 Å². The molecule has 2 amide bonds. The molecule has 3 aromatic rings. The summed E-state index contributed by atoms with van der Waals surface area (Å²) in [4.78, 5) is 24.8. The number of nitrogen functional groups attached to an aromatic ring is 1. The highest BCUT2D eigenvalue weighted by molar-refractivity contribution is 6.01. The second kappa shape index (κ2) is 11.8. The molecule has 0 saturated heterocycles. The van der Waals surface area contributed by atoms with Crippen LogP contribution in [0.2, 0.25) is 0 Å². The highest BCUT2D eigenvalue weighted by Crippen LogP contribution is 2.32. The number of rotatable bonds is 8. The summed E-state index contributed by atoms with van der Waals surface area (Å²) in [5, 5.41) is 24.3. The van der Waals surface area contributed by atoms with Crippen LogP contribution in [0.15, 0.2) is 78.9 Å². The number of carbonyl (C=O) groups is 2. The third-order valence-corrected chi connectivity index (χ3v) is 4.92. The predicted molar refractivity (Wildman–Crippen MR) is 132 cm³/mol. The van der Waals surface area contributed by atoms with E-state index in [1.807, 2.05) is 6.07 Å². The molecule has 3 aromatic carbocycles. The third-order valence-electron chi connectivity index (χ3n) is 4.92. The van der Waals surface area contributed by atoms with Gasteiger partial charge in [-0.2, -0.15) is 5.26 Å². The minimum absolute atomic E-state index is 0.118. The largest absolute Gasteiger partial charge is 0.504 e. The van der Waals surface area contributed by atoms with Gasteiger partial charge < -0.3 is 25.6 Å². The van der Waals surface area contributed by atoms with Crippen molar-refractivity contribution < 1.29 is 24.2 Å². The molecule has 3 rings (SSSR count). The zero-order valence-electron chi connectivity index (χ0n) is 18.9. The molecule has 0 bridgehead atoms. The number of amides is 2. The molecular weight excluding hydrogens is 448 g/mol. The van der Waals surface area contributed by atoms with Gasteiger partial charge >= 0.3 is 6.09 Å². The summed E-state index contributed by atoms with van der Waals surface area (Å²) in [6, 6.07) is 19.8. The van der Waals surface area contributed by atoms with Crippen LogP contribution in [-0.4, -0.2) is 24.2 Å². The number of nitriles is 1. The summed E-state index contributed by atoms with van der Waals surface area (Å²) in [5.74, 6) is -0.251. The Balaban J connectivity index is 1.72. The van der Waals surface area contributed by atoms with E-state index in [0.717, 1.165) is 0 Å². The number of methoxy groups -OCH3 is 1. The number of phenolic OH excluding ortho intramolecular Hbond substituents is 1. The third kappa shape index (κ3) is 7.00. The van der Waals surface area contributed by atoms with Gasteiger partial charge in [0.2, 0.25) is 5.91 Å². The zero-order valence-corrected chi connectivity index (χ0v) is 18.9. The number of nitrogens with two attached hydrogens (primary N) is 1. The second-order valence-corrected chi connectivity index (χ2v) is 7.35. The average Bonchev–Trinajstić information content (AvgIpc) is 2.85. The monoisotopic (exact) mass is 472 g/mol. The fourth-order valence-corrected chi connectivity index (χ4v) is 3.15. The van der Waals surface area contributed by atoms with Crippen LogP contribution in [-0.2, 0) is 9.53 Å². The van der Waals surface area contributed by atoms with Gasteiger partial charge in [-0.1, -0.05) is 24.3 Å². The fraction of sp³-hybridized carbons (Fsp3) is 0.115. The standard InChI is InChI=1S/C26H24N4O5/c1-34-24-14-11-18(15-22(24)31)23(35-26(33)29-19-12-9-17(16-27)10-13-19)7-4-8-25(32)30-21-6-3-2-5-20(21)28/h2-6,8-15,23,31H,7,28H2,1H3,(H,29,33)(H,30,32)/b8-4+/t23-/m0/s1. The number of hydrogen-bond donors (Lipinski definition) is 4.